The van der Waals surface area contributed by atoms with Gasteiger partial charge < -0.3 is 16.4 Å². The molecule has 0 saturated carbocycles. The Hall–Kier alpha value is -4.19. The summed E-state index contributed by atoms with van der Waals surface area (Å²) >= 11 is 0. The molecule has 12 heteroatoms. The molecule has 1 saturated heterocycles. The molecule has 0 bridgehead atoms. The molecule has 4 rings (SSSR count). The summed E-state index contributed by atoms with van der Waals surface area (Å²) < 4.78 is 15.9. The minimum Gasteiger partial charge on any atom is -0.404 e. The Kier molecular flexibility index (Phi) is 6.87. The van der Waals surface area contributed by atoms with Crippen molar-refractivity contribution in [1.29, 1.82) is 0 Å². The molecule has 1 fully saturated rings. The molecule has 2 amide bonds. The van der Waals surface area contributed by atoms with Crippen molar-refractivity contribution in [2.24, 2.45) is 12.8 Å². The lowest BCUT2D eigenvalue weighted by molar-refractivity contribution is -0.117. The molecule has 176 valence electrons. The van der Waals surface area contributed by atoms with Crippen LogP contribution in [0.1, 0.15) is 18.5 Å². The molecule has 34 heavy (non-hydrogen) atoms. The Morgan fingerprint density at radius 2 is 1.91 bits per heavy atom. The number of aromatic nitrogens is 5. The van der Waals surface area contributed by atoms with Gasteiger partial charge in [-0.25, -0.2) is 4.98 Å². The number of nitrogens with one attached hydrogen (secondary N) is 2. The van der Waals surface area contributed by atoms with Gasteiger partial charge in [0.1, 0.15) is 0 Å². The fourth-order valence-electron chi connectivity index (χ4n) is 3.59. The molecule has 1 aliphatic rings. The van der Waals surface area contributed by atoms with Crippen LogP contribution in [-0.2, 0) is 16.6 Å². The molecule has 3 aromatic rings. The zero-order valence-electron chi connectivity index (χ0n) is 18.5. The molecule has 4 N–H and O–H groups in total. The van der Waals surface area contributed by atoms with Crippen molar-refractivity contribution >= 4 is 28.8 Å². The summed E-state index contributed by atoms with van der Waals surface area (Å²) in [7, 11) is 1.78. The predicted molar refractivity (Wildman–Crippen MR) is 124 cm³/mol. The maximum absolute atomic E-state index is 14.3. The Labute approximate surface area is 194 Å². The number of halogens is 1. The summed E-state index contributed by atoms with van der Waals surface area (Å²) in [4.78, 5) is 39.2. The second kappa shape index (κ2) is 10.2. The molecule has 0 aliphatic carbocycles. The normalized spacial score (nSPS) is 14.2. The largest absolute Gasteiger partial charge is 0.404 e. The summed E-state index contributed by atoms with van der Waals surface area (Å²) in [5, 5.41) is 9.19. The van der Waals surface area contributed by atoms with Gasteiger partial charge in [0.05, 0.1) is 59.7 Å². The van der Waals surface area contributed by atoms with Crippen molar-refractivity contribution in [3.05, 3.63) is 54.9 Å². The molecule has 0 spiro atoms. The average Bonchev–Trinajstić information content (AvgIpc) is 3.49. The van der Waals surface area contributed by atoms with Gasteiger partial charge in [0.2, 0.25) is 11.9 Å². The van der Waals surface area contributed by atoms with Gasteiger partial charge in [-0.1, -0.05) is 0 Å². The standard InChI is InChI=1S/C22H24FN9O2/c1-31-12-14(8-28-31)18-10-26-19(11-25-18)16(7-24)22(34)30-17-6-15(9-27-21(17)23)29-20(33)13-32-4-2-3-5-32/h6-12H,2-5,13,24H2,1H3,(H,29,33)(H,30,34)/b16-7+. The van der Waals surface area contributed by atoms with E-state index >= 15 is 0 Å². The van der Waals surface area contributed by atoms with Crippen LogP contribution >= 0.6 is 0 Å². The van der Waals surface area contributed by atoms with Crippen molar-refractivity contribution < 1.29 is 14.0 Å². The van der Waals surface area contributed by atoms with E-state index in [4.69, 9.17) is 5.73 Å². The van der Waals surface area contributed by atoms with Crippen LogP contribution in [0.2, 0.25) is 0 Å². The monoisotopic (exact) mass is 465 g/mol. The first-order chi connectivity index (χ1) is 16.4. The minimum absolute atomic E-state index is 0.00638. The van der Waals surface area contributed by atoms with E-state index in [1.165, 1.54) is 24.7 Å². The second-order valence-corrected chi connectivity index (χ2v) is 7.82. The van der Waals surface area contributed by atoms with Gasteiger partial charge in [0.15, 0.2) is 0 Å². The molecule has 0 radical (unpaired) electrons. The number of hydrogen-bond donors (Lipinski definition) is 3. The number of pyridine rings is 1. The van der Waals surface area contributed by atoms with Gasteiger partial charge in [-0.2, -0.15) is 9.49 Å². The Morgan fingerprint density at radius 1 is 1.12 bits per heavy atom. The number of rotatable bonds is 7. The third kappa shape index (κ3) is 5.41. The fraction of sp³-hybridized carbons (Fsp3) is 0.273. The Morgan fingerprint density at radius 3 is 2.56 bits per heavy atom. The van der Waals surface area contributed by atoms with Crippen molar-refractivity contribution in [2.45, 2.75) is 12.8 Å². The first kappa shape index (κ1) is 23.0. The number of nitrogens with two attached hydrogens (primary N) is 1. The number of carbonyl (C=O) groups is 2. The van der Waals surface area contributed by atoms with Crippen LogP contribution in [0, 0.1) is 5.95 Å². The average molecular weight is 465 g/mol. The molecule has 0 aromatic carbocycles. The molecule has 4 heterocycles. The number of nitrogens with zero attached hydrogens (tertiary/aromatic N) is 6. The highest BCUT2D eigenvalue weighted by Crippen LogP contribution is 2.21. The number of carbonyl (C=O) groups excluding carboxylic acids is 2. The predicted octanol–water partition coefficient (Wildman–Crippen LogP) is 1.38. The third-order valence-corrected chi connectivity index (χ3v) is 5.28. The Bertz CT molecular complexity index is 1220. The zero-order chi connectivity index (χ0) is 24.1. The maximum Gasteiger partial charge on any atom is 0.259 e. The lowest BCUT2D eigenvalue weighted by atomic mass is 10.2. The van der Waals surface area contributed by atoms with Crippen molar-refractivity contribution in [2.75, 3.05) is 30.3 Å². The van der Waals surface area contributed by atoms with E-state index in [-0.39, 0.29) is 35.1 Å². The highest BCUT2D eigenvalue weighted by Gasteiger charge is 2.19. The van der Waals surface area contributed by atoms with E-state index < -0.39 is 11.9 Å². The third-order valence-electron chi connectivity index (χ3n) is 5.28. The number of aryl methyl sites for hydroxylation is 1. The molecular weight excluding hydrogens is 441 g/mol. The lowest BCUT2D eigenvalue weighted by Gasteiger charge is -2.14. The van der Waals surface area contributed by atoms with Crippen molar-refractivity contribution in [1.82, 2.24) is 29.6 Å². The van der Waals surface area contributed by atoms with E-state index in [1.54, 1.807) is 24.1 Å². The maximum atomic E-state index is 14.3. The molecular formula is C22H24FN9O2. The lowest BCUT2D eigenvalue weighted by Crippen LogP contribution is -2.31. The van der Waals surface area contributed by atoms with E-state index in [9.17, 15) is 14.0 Å². The van der Waals surface area contributed by atoms with Gasteiger partial charge in [0, 0.05) is 25.0 Å². The molecule has 3 aromatic heterocycles. The second-order valence-electron chi connectivity index (χ2n) is 7.82. The number of amides is 2. The molecule has 1 aliphatic heterocycles. The van der Waals surface area contributed by atoms with Gasteiger partial charge in [-0.15, -0.1) is 0 Å². The van der Waals surface area contributed by atoms with Crippen LogP contribution in [0.4, 0.5) is 15.8 Å². The quantitative estimate of drug-likeness (QED) is 0.351. The smallest absolute Gasteiger partial charge is 0.259 e. The number of anilines is 2. The van der Waals surface area contributed by atoms with Gasteiger partial charge in [-0.05, 0) is 32.0 Å². The molecule has 0 unspecified atom stereocenters. The summed E-state index contributed by atoms with van der Waals surface area (Å²) in [6, 6.07) is 1.30. The number of likely N-dealkylation sites (tertiary alicyclic amines) is 1. The van der Waals surface area contributed by atoms with Gasteiger partial charge in [0.25, 0.3) is 5.91 Å². The summed E-state index contributed by atoms with van der Waals surface area (Å²) in [6.45, 7) is 1.99. The summed E-state index contributed by atoms with van der Waals surface area (Å²) in [5.41, 5.74) is 7.24. The summed E-state index contributed by atoms with van der Waals surface area (Å²) in [5.74, 6) is -1.84. The van der Waals surface area contributed by atoms with Crippen LogP contribution in [0.3, 0.4) is 0 Å². The SMILES string of the molecule is Cn1cc(-c2cnc(/C(=C\N)C(=O)Nc3cc(NC(=O)CN4CCCC4)cnc3F)cn2)cn1. The zero-order valence-corrected chi connectivity index (χ0v) is 18.5. The highest BCUT2D eigenvalue weighted by molar-refractivity contribution is 6.24. The van der Waals surface area contributed by atoms with Crippen LogP contribution in [-0.4, -0.2) is 61.1 Å². The Balaban J connectivity index is 1.44. The van der Waals surface area contributed by atoms with E-state index in [2.05, 4.69) is 30.7 Å². The van der Waals surface area contributed by atoms with Crippen LogP contribution in [0.5, 0.6) is 0 Å². The van der Waals surface area contributed by atoms with Crippen molar-refractivity contribution in [3.63, 3.8) is 0 Å². The fourth-order valence-corrected chi connectivity index (χ4v) is 3.59. The van der Waals surface area contributed by atoms with Crippen LogP contribution in [0.25, 0.3) is 16.8 Å². The number of hydrogen-bond acceptors (Lipinski definition) is 8. The van der Waals surface area contributed by atoms with Crippen molar-refractivity contribution in [3.8, 4) is 11.3 Å². The molecule has 0 atom stereocenters. The first-order valence-electron chi connectivity index (χ1n) is 10.7. The van der Waals surface area contributed by atoms with Gasteiger partial charge >= 0.3 is 0 Å². The highest BCUT2D eigenvalue weighted by atomic mass is 19.1. The van der Waals surface area contributed by atoms with Gasteiger partial charge in [-0.3, -0.25) is 29.1 Å². The minimum atomic E-state index is -0.903. The molecule has 11 nitrogen and oxygen atoms in total. The first-order valence-corrected chi connectivity index (χ1v) is 10.7. The topological polar surface area (TPSA) is 144 Å². The van der Waals surface area contributed by atoms with E-state index in [1.807, 2.05) is 4.90 Å². The van der Waals surface area contributed by atoms with E-state index in [0.29, 0.717) is 5.69 Å². The van der Waals surface area contributed by atoms with E-state index in [0.717, 1.165) is 37.7 Å². The summed E-state index contributed by atoms with van der Waals surface area (Å²) in [6.07, 6.45) is 10.7. The van der Waals surface area contributed by atoms with Crippen LogP contribution in [0.15, 0.2) is 43.3 Å². The van der Waals surface area contributed by atoms with Crippen LogP contribution < -0.4 is 16.4 Å².